The first-order valence-electron chi connectivity index (χ1n) is 6.17. The van der Waals surface area contributed by atoms with Gasteiger partial charge in [-0.05, 0) is 13.8 Å². The van der Waals surface area contributed by atoms with Crippen LogP contribution in [0.5, 0.6) is 0 Å². The molecule has 0 amide bonds. The molecule has 0 aliphatic heterocycles. The van der Waals surface area contributed by atoms with Crippen LogP contribution in [0, 0.1) is 0 Å². The molecule has 0 unspecified atom stereocenters. The molecule has 1 aromatic heterocycles. The SMILES string of the molecule is CCN(CC)c1nc(NC)nc(N(C)CCO)n1. The lowest BCUT2D eigenvalue weighted by Gasteiger charge is -2.22. The fourth-order valence-electron chi connectivity index (χ4n) is 1.53. The number of likely N-dealkylation sites (N-methyl/N-ethyl adjacent to an activating group) is 1. The number of aliphatic hydroxyl groups excluding tert-OH is 1. The molecule has 18 heavy (non-hydrogen) atoms. The van der Waals surface area contributed by atoms with E-state index in [2.05, 4.69) is 39.0 Å². The monoisotopic (exact) mass is 254 g/mol. The molecule has 0 atom stereocenters. The summed E-state index contributed by atoms with van der Waals surface area (Å²) in [7, 11) is 3.62. The second kappa shape index (κ2) is 6.95. The third-order valence-electron chi connectivity index (χ3n) is 2.66. The smallest absolute Gasteiger partial charge is 0.231 e. The molecule has 102 valence electrons. The molecule has 0 saturated heterocycles. The summed E-state index contributed by atoms with van der Waals surface area (Å²) in [5.41, 5.74) is 0. The number of anilines is 3. The standard InChI is InChI=1S/C11H22N6O/c1-5-17(6-2)11-14-9(12-3)13-10(15-11)16(4)7-8-18/h18H,5-8H2,1-4H3,(H,12,13,14,15). The summed E-state index contributed by atoms with van der Waals surface area (Å²) in [6, 6.07) is 0. The predicted molar refractivity (Wildman–Crippen MR) is 73.3 cm³/mol. The van der Waals surface area contributed by atoms with Crippen LogP contribution in [0.1, 0.15) is 13.8 Å². The van der Waals surface area contributed by atoms with E-state index in [9.17, 15) is 0 Å². The van der Waals surface area contributed by atoms with Crippen molar-refractivity contribution in [3.63, 3.8) is 0 Å². The first-order valence-corrected chi connectivity index (χ1v) is 6.17. The summed E-state index contributed by atoms with van der Waals surface area (Å²) < 4.78 is 0. The van der Waals surface area contributed by atoms with Gasteiger partial charge in [0.2, 0.25) is 17.8 Å². The first-order chi connectivity index (χ1) is 8.65. The van der Waals surface area contributed by atoms with Gasteiger partial charge in [-0.1, -0.05) is 0 Å². The zero-order valence-corrected chi connectivity index (χ0v) is 11.5. The van der Waals surface area contributed by atoms with Crippen molar-refractivity contribution >= 4 is 17.8 Å². The van der Waals surface area contributed by atoms with Gasteiger partial charge in [0.25, 0.3) is 0 Å². The second-order valence-electron chi connectivity index (χ2n) is 3.83. The molecule has 0 aliphatic rings. The van der Waals surface area contributed by atoms with Gasteiger partial charge in [-0.3, -0.25) is 0 Å². The Kier molecular flexibility index (Phi) is 5.57. The van der Waals surface area contributed by atoms with E-state index in [-0.39, 0.29) is 6.61 Å². The number of rotatable bonds is 7. The van der Waals surface area contributed by atoms with E-state index >= 15 is 0 Å². The molecule has 2 N–H and O–H groups in total. The van der Waals surface area contributed by atoms with Gasteiger partial charge in [-0.15, -0.1) is 0 Å². The topological polar surface area (TPSA) is 77.4 Å². The summed E-state index contributed by atoms with van der Waals surface area (Å²) in [5, 5.41) is 11.9. The van der Waals surface area contributed by atoms with E-state index in [0.29, 0.717) is 24.4 Å². The molecule has 7 heteroatoms. The van der Waals surface area contributed by atoms with Crippen LogP contribution in [-0.4, -0.2) is 60.4 Å². The van der Waals surface area contributed by atoms with E-state index in [0.717, 1.165) is 13.1 Å². The minimum Gasteiger partial charge on any atom is -0.395 e. The summed E-state index contributed by atoms with van der Waals surface area (Å²) in [6.07, 6.45) is 0. The van der Waals surface area contributed by atoms with Crippen molar-refractivity contribution in [3.8, 4) is 0 Å². The fourth-order valence-corrected chi connectivity index (χ4v) is 1.53. The van der Waals surface area contributed by atoms with Gasteiger partial charge >= 0.3 is 0 Å². The number of hydrogen-bond donors (Lipinski definition) is 2. The molecule has 7 nitrogen and oxygen atoms in total. The van der Waals surface area contributed by atoms with E-state index in [1.165, 1.54) is 0 Å². The molecule has 0 spiro atoms. The van der Waals surface area contributed by atoms with E-state index in [1.54, 1.807) is 11.9 Å². The van der Waals surface area contributed by atoms with Crippen LogP contribution in [0.25, 0.3) is 0 Å². The van der Waals surface area contributed by atoms with Crippen LogP contribution in [0.3, 0.4) is 0 Å². The van der Waals surface area contributed by atoms with Crippen molar-refractivity contribution in [2.24, 2.45) is 0 Å². The maximum atomic E-state index is 8.96. The fraction of sp³-hybridized carbons (Fsp3) is 0.727. The number of nitrogens with one attached hydrogen (secondary N) is 1. The zero-order chi connectivity index (χ0) is 13.5. The Balaban J connectivity index is 3.08. The maximum absolute atomic E-state index is 8.96. The van der Waals surface area contributed by atoms with Gasteiger partial charge in [0, 0.05) is 33.7 Å². The van der Waals surface area contributed by atoms with Gasteiger partial charge < -0.3 is 20.2 Å². The molecule has 1 heterocycles. The summed E-state index contributed by atoms with van der Waals surface area (Å²) in [5.74, 6) is 1.75. The van der Waals surface area contributed by atoms with Crippen molar-refractivity contribution in [2.75, 3.05) is 55.5 Å². The molecule has 0 aliphatic carbocycles. The van der Waals surface area contributed by atoms with Crippen molar-refractivity contribution < 1.29 is 5.11 Å². The number of hydrogen-bond acceptors (Lipinski definition) is 7. The van der Waals surface area contributed by atoms with Crippen molar-refractivity contribution in [2.45, 2.75) is 13.8 Å². The third-order valence-corrected chi connectivity index (χ3v) is 2.66. The average molecular weight is 254 g/mol. The van der Waals surface area contributed by atoms with Gasteiger partial charge in [0.1, 0.15) is 0 Å². The molecule has 0 aromatic carbocycles. The predicted octanol–water partition coefficient (Wildman–Crippen LogP) is 0.188. The Bertz CT molecular complexity index is 369. The first kappa shape index (κ1) is 14.4. The van der Waals surface area contributed by atoms with Crippen LogP contribution in [0.2, 0.25) is 0 Å². The largest absolute Gasteiger partial charge is 0.395 e. The van der Waals surface area contributed by atoms with Crippen molar-refractivity contribution in [3.05, 3.63) is 0 Å². The van der Waals surface area contributed by atoms with Crippen LogP contribution in [-0.2, 0) is 0 Å². The molecule has 1 aromatic rings. The second-order valence-corrected chi connectivity index (χ2v) is 3.83. The minimum atomic E-state index is 0.0671. The van der Waals surface area contributed by atoms with Gasteiger partial charge in [-0.25, -0.2) is 0 Å². The Hall–Kier alpha value is -1.63. The normalized spacial score (nSPS) is 10.3. The quantitative estimate of drug-likeness (QED) is 0.719. The zero-order valence-electron chi connectivity index (χ0n) is 11.5. The molecule has 0 fully saturated rings. The summed E-state index contributed by atoms with van der Waals surface area (Å²) in [6.45, 7) is 6.36. The minimum absolute atomic E-state index is 0.0671. The highest BCUT2D eigenvalue weighted by Gasteiger charge is 2.12. The lowest BCUT2D eigenvalue weighted by molar-refractivity contribution is 0.303. The summed E-state index contributed by atoms with van der Waals surface area (Å²) >= 11 is 0. The summed E-state index contributed by atoms with van der Waals surface area (Å²) in [4.78, 5) is 16.9. The van der Waals surface area contributed by atoms with E-state index in [4.69, 9.17) is 5.11 Å². The molecule has 0 saturated carbocycles. The number of aromatic nitrogens is 3. The third kappa shape index (κ3) is 3.43. The number of nitrogens with zero attached hydrogens (tertiary/aromatic N) is 5. The van der Waals surface area contributed by atoms with Crippen LogP contribution in [0.4, 0.5) is 17.8 Å². The molecule has 0 radical (unpaired) electrons. The molecule has 0 bridgehead atoms. The Morgan fingerprint density at radius 2 is 1.72 bits per heavy atom. The maximum Gasteiger partial charge on any atom is 0.231 e. The van der Waals surface area contributed by atoms with Crippen LogP contribution in [0.15, 0.2) is 0 Å². The van der Waals surface area contributed by atoms with E-state index in [1.807, 2.05) is 7.05 Å². The van der Waals surface area contributed by atoms with Crippen molar-refractivity contribution in [1.29, 1.82) is 0 Å². The lowest BCUT2D eigenvalue weighted by Crippen LogP contribution is -2.28. The highest BCUT2D eigenvalue weighted by molar-refractivity contribution is 5.44. The lowest BCUT2D eigenvalue weighted by atomic mass is 10.5. The molecular formula is C11H22N6O. The Labute approximate surface area is 108 Å². The van der Waals surface area contributed by atoms with Gasteiger partial charge in [-0.2, -0.15) is 15.0 Å². The highest BCUT2D eigenvalue weighted by Crippen LogP contribution is 2.15. The Morgan fingerprint density at radius 1 is 1.11 bits per heavy atom. The van der Waals surface area contributed by atoms with E-state index < -0.39 is 0 Å². The molecule has 1 rings (SSSR count). The highest BCUT2D eigenvalue weighted by atomic mass is 16.3. The van der Waals surface area contributed by atoms with Gasteiger partial charge in [0.15, 0.2) is 0 Å². The van der Waals surface area contributed by atoms with Crippen LogP contribution < -0.4 is 15.1 Å². The Morgan fingerprint density at radius 3 is 2.22 bits per heavy atom. The molecular weight excluding hydrogens is 232 g/mol. The van der Waals surface area contributed by atoms with Gasteiger partial charge in [0.05, 0.1) is 6.61 Å². The average Bonchev–Trinajstić information content (AvgIpc) is 2.40. The van der Waals surface area contributed by atoms with Crippen LogP contribution >= 0.6 is 0 Å². The number of aliphatic hydroxyl groups is 1. The van der Waals surface area contributed by atoms with Crippen molar-refractivity contribution in [1.82, 2.24) is 15.0 Å².